The van der Waals surface area contributed by atoms with Gasteiger partial charge >= 0.3 is 0 Å². The summed E-state index contributed by atoms with van der Waals surface area (Å²) in [6.07, 6.45) is 2.92. The number of carbonyl (C=O) groups is 2. The molecule has 2 amide bonds. The second-order valence-corrected chi connectivity index (χ2v) is 7.78. The van der Waals surface area contributed by atoms with Crippen LogP contribution in [0.5, 0.6) is 0 Å². The monoisotopic (exact) mass is 441 g/mol. The van der Waals surface area contributed by atoms with E-state index in [2.05, 4.69) is 9.97 Å². The summed E-state index contributed by atoms with van der Waals surface area (Å²) < 4.78 is 0. The topological polar surface area (TPSA) is 63.2 Å². The zero-order chi connectivity index (χ0) is 22.7. The minimum atomic E-state index is -0.453. The summed E-state index contributed by atoms with van der Waals surface area (Å²) in [4.78, 5) is 37.1. The lowest BCUT2D eigenvalue weighted by Gasteiger charge is -2.23. The van der Waals surface area contributed by atoms with Crippen LogP contribution in [-0.2, 0) is 0 Å². The van der Waals surface area contributed by atoms with E-state index in [1.54, 1.807) is 54.7 Å². The molecule has 0 radical (unpaired) electrons. The number of anilines is 1. The van der Waals surface area contributed by atoms with Crippen LogP contribution < -0.4 is 4.90 Å². The molecule has 1 aromatic heterocycles. The van der Waals surface area contributed by atoms with Gasteiger partial charge in [0, 0.05) is 27.9 Å². The van der Waals surface area contributed by atoms with Gasteiger partial charge in [-0.25, -0.2) is 14.9 Å². The Kier molecular flexibility index (Phi) is 6.10. The third kappa shape index (κ3) is 4.15. The Hall–Kier alpha value is -3.83. The largest absolute Gasteiger partial charge is 0.268 e. The molecule has 6 heteroatoms. The molecule has 0 aliphatic rings. The molecule has 0 bridgehead atoms. The lowest BCUT2D eigenvalue weighted by Crippen LogP contribution is -2.39. The number of benzene rings is 3. The van der Waals surface area contributed by atoms with Gasteiger partial charge in [0.25, 0.3) is 11.8 Å². The van der Waals surface area contributed by atoms with E-state index in [4.69, 9.17) is 11.6 Å². The first-order valence-corrected chi connectivity index (χ1v) is 10.4. The molecule has 5 nitrogen and oxygen atoms in total. The number of imide groups is 1. The van der Waals surface area contributed by atoms with Gasteiger partial charge in [-0.15, -0.1) is 0 Å². The average Bonchev–Trinajstić information content (AvgIpc) is 2.80. The number of halogens is 1. The molecular formula is C26H20ClN3O2. The van der Waals surface area contributed by atoms with Crippen molar-refractivity contribution in [1.82, 2.24) is 9.97 Å². The minimum absolute atomic E-state index is 0.212. The van der Waals surface area contributed by atoms with Gasteiger partial charge in [-0.05, 0) is 54.8 Å². The summed E-state index contributed by atoms with van der Waals surface area (Å²) in [6, 6.07) is 21.4. The maximum Gasteiger partial charge on any atom is 0.266 e. The van der Waals surface area contributed by atoms with Gasteiger partial charge in [0.05, 0.1) is 0 Å². The average molecular weight is 442 g/mol. The van der Waals surface area contributed by atoms with Crippen LogP contribution in [0.15, 0.2) is 85.3 Å². The zero-order valence-corrected chi connectivity index (χ0v) is 18.4. The van der Waals surface area contributed by atoms with Crippen LogP contribution in [0.1, 0.15) is 31.8 Å². The van der Waals surface area contributed by atoms with Crippen molar-refractivity contribution in [2.24, 2.45) is 0 Å². The van der Waals surface area contributed by atoms with Crippen molar-refractivity contribution in [3.8, 4) is 11.1 Å². The Bertz CT molecular complexity index is 1240. The summed E-state index contributed by atoms with van der Waals surface area (Å²) >= 11 is 6.05. The van der Waals surface area contributed by atoms with Crippen LogP contribution in [-0.4, -0.2) is 21.8 Å². The van der Waals surface area contributed by atoms with E-state index in [0.29, 0.717) is 21.7 Å². The van der Waals surface area contributed by atoms with Crippen LogP contribution in [0.2, 0.25) is 5.02 Å². The highest BCUT2D eigenvalue weighted by Gasteiger charge is 2.31. The number of aryl methyl sites for hydroxylation is 2. The van der Waals surface area contributed by atoms with Crippen molar-refractivity contribution in [2.75, 3.05) is 4.90 Å². The maximum atomic E-state index is 13.8. The van der Waals surface area contributed by atoms with Gasteiger partial charge in [-0.1, -0.05) is 60.1 Å². The van der Waals surface area contributed by atoms with Gasteiger partial charge in [0.1, 0.15) is 6.33 Å². The number of aromatic nitrogens is 2. The van der Waals surface area contributed by atoms with E-state index in [1.165, 1.54) is 6.33 Å². The van der Waals surface area contributed by atoms with Gasteiger partial charge in [-0.2, -0.15) is 0 Å². The molecule has 1 heterocycles. The highest BCUT2D eigenvalue weighted by atomic mass is 35.5. The summed E-state index contributed by atoms with van der Waals surface area (Å²) in [6.45, 7) is 3.67. The van der Waals surface area contributed by atoms with Crippen molar-refractivity contribution < 1.29 is 9.59 Å². The Morgan fingerprint density at radius 1 is 0.781 bits per heavy atom. The summed E-state index contributed by atoms with van der Waals surface area (Å²) in [5.74, 6) is -0.695. The Morgan fingerprint density at radius 3 is 1.84 bits per heavy atom. The molecule has 32 heavy (non-hydrogen) atoms. The van der Waals surface area contributed by atoms with Crippen LogP contribution >= 0.6 is 11.6 Å². The first-order chi connectivity index (χ1) is 15.5. The molecule has 4 rings (SSSR count). The first kappa shape index (κ1) is 21.4. The minimum Gasteiger partial charge on any atom is -0.268 e. The van der Waals surface area contributed by atoms with Crippen LogP contribution in [0.3, 0.4) is 0 Å². The van der Waals surface area contributed by atoms with Crippen molar-refractivity contribution in [2.45, 2.75) is 13.8 Å². The fourth-order valence-electron chi connectivity index (χ4n) is 3.49. The molecule has 0 saturated heterocycles. The number of amides is 2. The Labute approximate surface area is 191 Å². The van der Waals surface area contributed by atoms with Crippen molar-refractivity contribution in [3.05, 3.63) is 113 Å². The van der Waals surface area contributed by atoms with Crippen molar-refractivity contribution >= 4 is 29.2 Å². The molecule has 4 aromatic rings. The lowest BCUT2D eigenvalue weighted by molar-refractivity contribution is 0.0896. The molecule has 0 fully saturated rings. The fraction of sp³-hybridized carbons (Fsp3) is 0.0769. The Morgan fingerprint density at radius 2 is 1.31 bits per heavy atom. The molecule has 0 unspecified atom stereocenters. The number of carbonyl (C=O) groups excluding carboxylic acids is 2. The van der Waals surface area contributed by atoms with Gasteiger partial charge in [0.15, 0.2) is 5.82 Å². The summed E-state index contributed by atoms with van der Waals surface area (Å²) in [5, 5.41) is 0.580. The second-order valence-electron chi connectivity index (χ2n) is 7.34. The van der Waals surface area contributed by atoms with Gasteiger partial charge < -0.3 is 0 Å². The molecule has 0 atom stereocenters. The molecule has 0 spiro atoms. The molecule has 158 valence electrons. The highest BCUT2D eigenvalue weighted by Crippen LogP contribution is 2.31. The Balaban J connectivity index is 1.92. The van der Waals surface area contributed by atoms with E-state index in [0.717, 1.165) is 21.6 Å². The van der Waals surface area contributed by atoms with Crippen molar-refractivity contribution in [3.63, 3.8) is 0 Å². The smallest absolute Gasteiger partial charge is 0.266 e. The zero-order valence-electron chi connectivity index (χ0n) is 17.6. The third-order valence-corrected chi connectivity index (χ3v) is 5.47. The van der Waals surface area contributed by atoms with Crippen LogP contribution in [0.25, 0.3) is 11.1 Å². The normalized spacial score (nSPS) is 10.6. The van der Waals surface area contributed by atoms with E-state index < -0.39 is 11.8 Å². The lowest BCUT2D eigenvalue weighted by atomic mass is 10.0. The van der Waals surface area contributed by atoms with Gasteiger partial charge in [0.2, 0.25) is 0 Å². The van der Waals surface area contributed by atoms with Crippen LogP contribution in [0.4, 0.5) is 5.82 Å². The van der Waals surface area contributed by atoms with E-state index >= 15 is 0 Å². The van der Waals surface area contributed by atoms with E-state index in [9.17, 15) is 9.59 Å². The summed E-state index contributed by atoms with van der Waals surface area (Å²) in [5.41, 5.74) is 3.67. The predicted molar refractivity (Wildman–Crippen MR) is 126 cm³/mol. The quantitative estimate of drug-likeness (QED) is 0.370. The summed E-state index contributed by atoms with van der Waals surface area (Å²) in [7, 11) is 0. The SMILES string of the molecule is Cc1ccccc1C(=O)N(C(=O)c1ccccc1C)c1ncncc1-c1ccc(Cl)cc1. The first-order valence-electron chi connectivity index (χ1n) is 10.0. The molecule has 0 aliphatic carbocycles. The number of hydrogen-bond acceptors (Lipinski definition) is 4. The molecule has 0 N–H and O–H groups in total. The van der Waals surface area contributed by atoms with E-state index in [-0.39, 0.29) is 5.82 Å². The molecular weight excluding hydrogens is 422 g/mol. The number of nitrogens with zero attached hydrogens (tertiary/aromatic N) is 3. The number of hydrogen-bond donors (Lipinski definition) is 0. The van der Waals surface area contributed by atoms with Gasteiger partial charge in [-0.3, -0.25) is 9.59 Å². The second kappa shape index (κ2) is 9.12. The number of rotatable bonds is 4. The predicted octanol–water partition coefficient (Wildman–Crippen LogP) is 5.90. The van der Waals surface area contributed by atoms with Crippen molar-refractivity contribution in [1.29, 1.82) is 0 Å². The third-order valence-electron chi connectivity index (χ3n) is 5.22. The maximum absolute atomic E-state index is 13.8. The molecule has 0 aliphatic heterocycles. The van der Waals surface area contributed by atoms with E-state index in [1.807, 2.05) is 38.1 Å². The van der Waals surface area contributed by atoms with Crippen LogP contribution in [0, 0.1) is 13.8 Å². The standard InChI is InChI=1S/C26H20ClN3O2/c1-17-7-3-5-9-21(17)25(31)30(26(32)22-10-6-4-8-18(22)2)24-23(15-28-16-29-24)19-11-13-20(27)14-12-19/h3-16H,1-2H3. The fourth-order valence-corrected chi connectivity index (χ4v) is 3.61. The molecule has 3 aromatic carbocycles. The highest BCUT2D eigenvalue weighted by molar-refractivity contribution is 6.30. The molecule has 0 saturated carbocycles.